The van der Waals surface area contributed by atoms with Crippen LogP contribution in [0, 0.1) is 5.92 Å². The minimum atomic E-state index is 0.569. The molecule has 0 aromatic heterocycles. The summed E-state index contributed by atoms with van der Waals surface area (Å²) >= 11 is 0. The average molecular weight is 130 g/mol. The second kappa shape index (κ2) is 4.77. The van der Waals surface area contributed by atoms with Gasteiger partial charge in [0.05, 0.1) is 0 Å². The molecule has 0 unspecified atom stereocenters. The third kappa shape index (κ3) is 3.49. The lowest BCUT2D eigenvalue weighted by molar-refractivity contribution is 0.362. The van der Waals surface area contributed by atoms with Gasteiger partial charge >= 0.3 is 0 Å². The van der Waals surface area contributed by atoms with Crippen LogP contribution < -0.4 is 10.9 Å². The zero-order chi connectivity index (χ0) is 7.28. The van der Waals surface area contributed by atoms with Gasteiger partial charge in [-0.1, -0.05) is 20.3 Å². The van der Waals surface area contributed by atoms with Crippen molar-refractivity contribution in [2.75, 3.05) is 7.05 Å². The first kappa shape index (κ1) is 8.92. The number of hydrogen-bond donors (Lipinski definition) is 2. The summed E-state index contributed by atoms with van der Waals surface area (Å²) in [5.74, 6) is 0.748. The van der Waals surface area contributed by atoms with E-state index in [0.29, 0.717) is 6.04 Å². The highest BCUT2D eigenvalue weighted by molar-refractivity contribution is 4.63. The van der Waals surface area contributed by atoms with Gasteiger partial charge < -0.3 is 0 Å². The molecule has 0 saturated heterocycles. The molecule has 0 aromatic rings. The Morgan fingerprint density at radius 1 is 1.33 bits per heavy atom. The quantitative estimate of drug-likeness (QED) is 0.558. The lowest BCUT2D eigenvalue weighted by Crippen LogP contribution is -2.39. The van der Waals surface area contributed by atoms with E-state index in [1.165, 1.54) is 6.42 Å². The van der Waals surface area contributed by atoms with Crippen molar-refractivity contribution in [3.63, 3.8) is 0 Å². The molecule has 0 aromatic carbocycles. The fraction of sp³-hybridized carbons (Fsp3) is 1.00. The van der Waals surface area contributed by atoms with Crippen LogP contribution in [0.4, 0.5) is 0 Å². The Balaban J connectivity index is 3.32. The Hall–Kier alpha value is -0.0800. The fourth-order valence-electron chi connectivity index (χ4n) is 0.723. The molecule has 0 amide bonds. The van der Waals surface area contributed by atoms with E-state index in [1.54, 1.807) is 0 Å². The number of hydrazine groups is 1. The van der Waals surface area contributed by atoms with Crippen LogP contribution in [0.2, 0.25) is 0 Å². The van der Waals surface area contributed by atoms with Gasteiger partial charge in [-0.3, -0.25) is 10.9 Å². The van der Waals surface area contributed by atoms with Gasteiger partial charge in [0.2, 0.25) is 0 Å². The van der Waals surface area contributed by atoms with Crippen LogP contribution in [-0.2, 0) is 0 Å². The Morgan fingerprint density at radius 2 is 1.89 bits per heavy atom. The minimum Gasteiger partial charge on any atom is -0.261 e. The Kier molecular flexibility index (Phi) is 4.72. The van der Waals surface area contributed by atoms with Crippen molar-refractivity contribution in [3.05, 3.63) is 0 Å². The van der Waals surface area contributed by atoms with Crippen molar-refractivity contribution in [2.45, 2.75) is 33.2 Å². The zero-order valence-electron chi connectivity index (χ0n) is 6.86. The van der Waals surface area contributed by atoms with Gasteiger partial charge in [-0.15, -0.1) is 0 Å². The topological polar surface area (TPSA) is 24.1 Å². The molecule has 0 aliphatic heterocycles. The summed E-state index contributed by atoms with van der Waals surface area (Å²) in [6, 6.07) is 0.569. The molecule has 2 N–H and O–H groups in total. The fourth-order valence-corrected chi connectivity index (χ4v) is 0.723. The van der Waals surface area contributed by atoms with Crippen LogP contribution in [0.25, 0.3) is 0 Å². The van der Waals surface area contributed by atoms with Crippen LogP contribution >= 0.6 is 0 Å². The zero-order valence-corrected chi connectivity index (χ0v) is 6.86. The van der Waals surface area contributed by atoms with Crippen molar-refractivity contribution in [3.8, 4) is 0 Å². The lowest BCUT2D eigenvalue weighted by atomic mass is 10.0. The van der Waals surface area contributed by atoms with Crippen molar-refractivity contribution in [1.82, 2.24) is 10.9 Å². The molecule has 0 saturated carbocycles. The SMILES string of the molecule is CC[C@@H](C)[C@@H](C)NNC. The summed E-state index contributed by atoms with van der Waals surface area (Å²) in [5, 5.41) is 0. The van der Waals surface area contributed by atoms with Crippen molar-refractivity contribution in [2.24, 2.45) is 5.92 Å². The largest absolute Gasteiger partial charge is 0.261 e. The van der Waals surface area contributed by atoms with Gasteiger partial charge in [0.15, 0.2) is 0 Å². The van der Waals surface area contributed by atoms with E-state index in [4.69, 9.17) is 0 Å². The van der Waals surface area contributed by atoms with Crippen LogP contribution in [0.1, 0.15) is 27.2 Å². The Morgan fingerprint density at radius 3 is 2.22 bits per heavy atom. The third-order valence-electron chi connectivity index (χ3n) is 1.87. The summed E-state index contributed by atoms with van der Waals surface area (Å²) in [6.07, 6.45) is 1.23. The molecular formula is C7H18N2. The molecule has 0 aliphatic rings. The maximum atomic E-state index is 3.15. The molecule has 2 heteroatoms. The molecule has 0 aliphatic carbocycles. The van der Waals surface area contributed by atoms with E-state index in [0.717, 1.165) is 5.92 Å². The van der Waals surface area contributed by atoms with Crippen LogP contribution in [0.5, 0.6) is 0 Å². The van der Waals surface area contributed by atoms with Gasteiger partial charge in [-0.2, -0.15) is 0 Å². The van der Waals surface area contributed by atoms with Gasteiger partial charge in [-0.25, -0.2) is 0 Å². The Labute approximate surface area is 58.0 Å². The van der Waals surface area contributed by atoms with Crippen molar-refractivity contribution in [1.29, 1.82) is 0 Å². The maximum Gasteiger partial charge on any atom is 0.0210 e. The standard InChI is InChI=1S/C7H18N2/c1-5-6(2)7(3)9-8-4/h6-9H,5H2,1-4H3/t6-,7-/m1/s1. The van der Waals surface area contributed by atoms with E-state index < -0.39 is 0 Å². The van der Waals surface area contributed by atoms with Gasteiger partial charge in [0, 0.05) is 6.04 Å². The third-order valence-corrected chi connectivity index (χ3v) is 1.87. The van der Waals surface area contributed by atoms with Gasteiger partial charge in [-0.05, 0) is 19.9 Å². The Bertz CT molecular complexity index is 63.9. The molecule has 2 atom stereocenters. The normalized spacial score (nSPS) is 17.3. The number of rotatable bonds is 4. The second-order valence-electron chi connectivity index (χ2n) is 2.57. The molecule has 0 heterocycles. The molecule has 9 heavy (non-hydrogen) atoms. The first-order valence-electron chi connectivity index (χ1n) is 3.64. The molecular weight excluding hydrogens is 112 g/mol. The van der Waals surface area contributed by atoms with Crippen molar-refractivity contribution >= 4 is 0 Å². The van der Waals surface area contributed by atoms with E-state index in [9.17, 15) is 0 Å². The molecule has 0 radical (unpaired) electrons. The first-order valence-corrected chi connectivity index (χ1v) is 3.64. The smallest absolute Gasteiger partial charge is 0.0210 e. The van der Waals surface area contributed by atoms with E-state index >= 15 is 0 Å². The average Bonchev–Trinajstić information content (AvgIpc) is 1.87. The van der Waals surface area contributed by atoms with Crippen LogP contribution in [0.15, 0.2) is 0 Å². The van der Waals surface area contributed by atoms with E-state index in [-0.39, 0.29) is 0 Å². The predicted octanol–water partition coefficient (Wildman–Crippen LogP) is 1.14. The highest BCUT2D eigenvalue weighted by Crippen LogP contribution is 2.04. The van der Waals surface area contributed by atoms with Crippen LogP contribution in [0.3, 0.4) is 0 Å². The summed E-state index contributed by atoms with van der Waals surface area (Å²) in [7, 11) is 1.90. The summed E-state index contributed by atoms with van der Waals surface area (Å²) in [4.78, 5) is 0. The van der Waals surface area contributed by atoms with Gasteiger partial charge in [0.25, 0.3) is 0 Å². The molecule has 2 nitrogen and oxygen atoms in total. The van der Waals surface area contributed by atoms with Gasteiger partial charge in [0.1, 0.15) is 0 Å². The lowest BCUT2D eigenvalue weighted by Gasteiger charge is -2.18. The summed E-state index contributed by atoms with van der Waals surface area (Å²) < 4.78 is 0. The highest BCUT2D eigenvalue weighted by atomic mass is 15.3. The number of nitrogens with one attached hydrogen (secondary N) is 2. The van der Waals surface area contributed by atoms with Crippen LogP contribution in [-0.4, -0.2) is 13.1 Å². The molecule has 0 rings (SSSR count). The molecule has 0 bridgehead atoms. The van der Waals surface area contributed by atoms with E-state index in [2.05, 4.69) is 31.6 Å². The second-order valence-corrected chi connectivity index (χ2v) is 2.57. The van der Waals surface area contributed by atoms with Crippen molar-refractivity contribution < 1.29 is 0 Å². The molecule has 0 fully saturated rings. The maximum absolute atomic E-state index is 3.15. The monoisotopic (exact) mass is 130 g/mol. The highest BCUT2D eigenvalue weighted by Gasteiger charge is 2.06. The molecule has 56 valence electrons. The number of hydrogen-bond acceptors (Lipinski definition) is 2. The molecule has 0 spiro atoms. The first-order chi connectivity index (χ1) is 4.22. The minimum absolute atomic E-state index is 0.569. The van der Waals surface area contributed by atoms with E-state index in [1.807, 2.05) is 7.05 Å². The summed E-state index contributed by atoms with van der Waals surface area (Å²) in [5.41, 5.74) is 6.08. The predicted molar refractivity (Wildman–Crippen MR) is 41.1 cm³/mol. The summed E-state index contributed by atoms with van der Waals surface area (Å²) in [6.45, 7) is 6.64.